The maximum atomic E-state index is 12.8. The highest BCUT2D eigenvalue weighted by Gasteiger charge is 2.16. The number of amides is 1. The molecule has 1 aliphatic heterocycles. The molecule has 0 fully saturated rings. The van der Waals surface area contributed by atoms with Crippen LogP contribution in [0.25, 0.3) is 6.08 Å². The molecule has 30 heavy (non-hydrogen) atoms. The van der Waals surface area contributed by atoms with E-state index in [1.165, 1.54) is 11.6 Å². The summed E-state index contributed by atoms with van der Waals surface area (Å²) in [5.74, 6) is 0.00273. The van der Waals surface area contributed by atoms with E-state index in [1.54, 1.807) is 29.8 Å². The Balaban J connectivity index is 1.64. The third-order valence-corrected chi connectivity index (χ3v) is 5.16. The average Bonchev–Trinajstić information content (AvgIpc) is 2.81. The van der Waals surface area contributed by atoms with Crippen molar-refractivity contribution in [1.29, 1.82) is 0 Å². The Morgan fingerprint density at radius 2 is 1.93 bits per heavy atom. The van der Waals surface area contributed by atoms with Gasteiger partial charge in [0.2, 0.25) is 0 Å². The predicted molar refractivity (Wildman–Crippen MR) is 116 cm³/mol. The molecule has 0 radical (unpaired) electrons. The lowest BCUT2D eigenvalue weighted by molar-refractivity contribution is -0.124. The standard InChI is InChI=1S/C24H28N2O4/c27-22-8-4-14-26(16-13-19-6-2-1-3-7-19)15-5-17-30-23-11-9-20(18-21(22)23)10-12-24(28)25-29/h1-3,6-7,9-12,18,29H,4-5,8,13-17H2,(H,25,28). The number of nitrogens with zero attached hydrogens (tertiary/aromatic N) is 1. The summed E-state index contributed by atoms with van der Waals surface area (Å²) in [4.78, 5) is 26.4. The van der Waals surface area contributed by atoms with Gasteiger partial charge in [-0.2, -0.15) is 0 Å². The average molecular weight is 408 g/mol. The highest BCUT2D eigenvalue weighted by atomic mass is 16.5. The highest BCUT2D eigenvalue weighted by molar-refractivity contribution is 5.99. The summed E-state index contributed by atoms with van der Waals surface area (Å²) in [6.45, 7) is 3.33. The van der Waals surface area contributed by atoms with Gasteiger partial charge in [0.1, 0.15) is 5.75 Å². The summed E-state index contributed by atoms with van der Waals surface area (Å²) in [7, 11) is 0. The highest BCUT2D eigenvalue weighted by Crippen LogP contribution is 2.24. The molecule has 2 aromatic carbocycles. The summed E-state index contributed by atoms with van der Waals surface area (Å²) in [6, 6.07) is 15.7. The van der Waals surface area contributed by atoms with Crippen molar-refractivity contribution in [3.63, 3.8) is 0 Å². The minimum Gasteiger partial charge on any atom is -0.493 e. The molecule has 1 aliphatic rings. The number of ether oxygens (including phenoxy) is 1. The smallest absolute Gasteiger partial charge is 0.267 e. The molecule has 0 aromatic heterocycles. The van der Waals surface area contributed by atoms with Gasteiger partial charge in [0.25, 0.3) is 5.91 Å². The van der Waals surface area contributed by atoms with Gasteiger partial charge >= 0.3 is 0 Å². The van der Waals surface area contributed by atoms with Crippen LogP contribution in [-0.2, 0) is 11.2 Å². The van der Waals surface area contributed by atoms with Crippen LogP contribution in [0.5, 0.6) is 5.75 Å². The third-order valence-electron chi connectivity index (χ3n) is 5.16. The fourth-order valence-corrected chi connectivity index (χ4v) is 3.54. The van der Waals surface area contributed by atoms with E-state index in [9.17, 15) is 9.59 Å². The molecule has 0 saturated heterocycles. The molecule has 0 aliphatic carbocycles. The summed E-state index contributed by atoms with van der Waals surface area (Å²) in [5.41, 5.74) is 4.11. The van der Waals surface area contributed by atoms with Crippen LogP contribution in [0, 0.1) is 0 Å². The third kappa shape index (κ3) is 6.54. The number of benzene rings is 2. The van der Waals surface area contributed by atoms with Gasteiger partial charge in [0.05, 0.1) is 12.2 Å². The minimum absolute atomic E-state index is 0.0387. The Kier molecular flexibility index (Phi) is 8.18. The van der Waals surface area contributed by atoms with Gasteiger partial charge in [-0.3, -0.25) is 14.8 Å². The number of carbonyl (C=O) groups is 2. The van der Waals surface area contributed by atoms with Crippen molar-refractivity contribution < 1.29 is 19.5 Å². The first-order valence-corrected chi connectivity index (χ1v) is 10.3. The zero-order chi connectivity index (χ0) is 21.2. The number of ketones is 1. The van der Waals surface area contributed by atoms with Crippen LogP contribution < -0.4 is 10.2 Å². The van der Waals surface area contributed by atoms with Crippen LogP contribution in [0.1, 0.15) is 40.7 Å². The van der Waals surface area contributed by atoms with Crippen molar-refractivity contribution in [1.82, 2.24) is 10.4 Å². The second-order valence-electron chi connectivity index (χ2n) is 7.37. The van der Waals surface area contributed by atoms with E-state index >= 15 is 0 Å². The molecule has 0 spiro atoms. The molecule has 3 rings (SSSR count). The molecule has 0 unspecified atom stereocenters. The maximum Gasteiger partial charge on any atom is 0.267 e. The summed E-state index contributed by atoms with van der Waals surface area (Å²) < 4.78 is 5.91. The van der Waals surface area contributed by atoms with Crippen LogP contribution in [0.15, 0.2) is 54.6 Å². The normalized spacial score (nSPS) is 15.8. The van der Waals surface area contributed by atoms with E-state index in [0.29, 0.717) is 29.9 Å². The van der Waals surface area contributed by atoms with Crippen molar-refractivity contribution in [3.8, 4) is 5.75 Å². The number of carbonyl (C=O) groups excluding carboxylic acids is 2. The Morgan fingerprint density at radius 1 is 1.13 bits per heavy atom. The fourth-order valence-electron chi connectivity index (χ4n) is 3.54. The number of Topliss-reactive ketones (excluding diaryl/α,β-unsaturated/α-hetero) is 1. The van der Waals surface area contributed by atoms with Crippen molar-refractivity contribution >= 4 is 17.8 Å². The lowest BCUT2D eigenvalue weighted by Gasteiger charge is -2.21. The predicted octanol–water partition coefficient (Wildman–Crippen LogP) is 3.50. The van der Waals surface area contributed by atoms with Gasteiger partial charge < -0.3 is 9.64 Å². The molecule has 0 atom stereocenters. The van der Waals surface area contributed by atoms with Crippen molar-refractivity contribution in [2.45, 2.75) is 25.7 Å². The van der Waals surface area contributed by atoms with Crippen LogP contribution in [0.3, 0.4) is 0 Å². The van der Waals surface area contributed by atoms with Gasteiger partial charge in [-0.1, -0.05) is 36.4 Å². The Labute approximate surface area is 177 Å². The number of hydrogen-bond donors (Lipinski definition) is 2. The number of nitrogens with one attached hydrogen (secondary N) is 1. The zero-order valence-electron chi connectivity index (χ0n) is 17.0. The van der Waals surface area contributed by atoms with Crippen LogP contribution >= 0.6 is 0 Å². The molecule has 2 N–H and O–H groups in total. The summed E-state index contributed by atoms with van der Waals surface area (Å²) in [6.07, 6.45) is 5.88. The maximum absolute atomic E-state index is 12.8. The van der Waals surface area contributed by atoms with Gasteiger partial charge in [0, 0.05) is 25.6 Å². The molecule has 0 saturated carbocycles. The van der Waals surface area contributed by atoms with Crippen LogP contribution in [0.4, 0.5) is 0 Å². The van der Waals surface area contributed by atoms with E-state index < -0.39 is 5.91 Å². The summed E-state index contributed by atoms with van der Waals surface area (Å²) in [5, 5.41) is 8.60. The molecule has 6 heteroatoms. The fraction of sp³-hybridized carbons (Fsp3) is 0.333. The van der Waals surface area contributed by atoms with Crippen LogP contribution in [0.2, 0.25) is 0 Å². The number of hydrogen-bond acceptors (Lipinski definition) is 5. The van der Waals surface area contributed by atoms with Gasteiger partial charge in [-0.15, -0.1) is 0 Å². The van der Waals surface area contributed by atoms with Crippen molar-refractivity contribution in [2.75, 3.05) is 26.2 Å². The molecule has 6 nitrogen and oxygen atoms in total. The Hall–Kier alpha value is -2.96. The molecular formula is C24H28N2O4. The zero-order valence-corrected chi connectivity index (χ0v) is 17.0. The topological polar surface area (TPSA) is 78.9 Å². The van der Waals surface area contributed by atoms with Crippen molar-refractivity contribution in [3.05, 3.63) is 71.3 Å². The molecule has 1 heterocycles. The molecule has 2 aromatic rings. The van der Waals surface area contributed by atoms with Gasteiger partial charge in [-0.25, -0.2) is 5.48 Å². The first-order chi connectivity index (χ1) is 14.7. The van der Waals surface area contributed by atoms with Gasteiger partial charge in [-0.05, 0) is 55.1 Å². The lowest BCUT2D eigenvalue weighted by Crippen LogP contribution is -2.29. The summed E-state index contributed by atoms with van der Waals surface area (Å²) >= 11 is 0. The van der Waals surface area contributed by atoms with E-state index in [4.69, 9.17) is 9.94 Å². The molecular weight excluding hydrogens is 380 g/mol. The van der Waals surface area contributed by atoms with Crippen molar-refractivity contribution in [2.24, 2.45) is 0 Å². The quantitative estimate of drug-likeness (QED) is 0.450. The number of hydroxylamine groups is 1. The monoisotopic (exact) mass is 408 g/mol. The Bertz CT molecular complexity index is 880. The van der Waals surface area contributed by atoms with E-state index in [-0.39, 0.29) is 5.78 Å². The number of rotatable bonds is 5. The Morgan fingerprint density at radius 3 is 2.73 bits per heavy atom. The first-order valence-electron chi connectivity index (χ1n) is 10.3. The second kappa shape index (κ2) is 11.3. The molecule has 0 bridgehead atoms. The SMILES string of the molecule is O=C(C=Cc1ccc2c(c1)C(=O)CCCN(CCc1ccccc1)CCCO2)NO. The molecule has 158 valence electrons. The second-order valence-corrected chi connectivity index (χ2v) is 7.37. The first kappa shape index (κ1) is 21.7. The van der Waals surface area contributed by atoms with E-state index in [2.05, 4.69) is 29.2 Å². The minimum atomic E-state index is -0.621. The molecule has 1 amide bonds. The number of fused-ring (bicyclic) bond motifs is 1. The lowest BCUT2D eigenvalue weighted by atomic mass is 10.0. The van der Waals surface area contributed by atoms with Crippen LogP contribution in [-0.4, -0.2) is 48.0 Å². The largest absolute Gasteiger partial charge is 0.493 e. The van der Waals surface area contributed by atoms with E-state index in [1.807, 2.05) is 6.07 Å². The van der Waals surface area contributed by atoms with Gasteiger partial charge in [0.15, 0.2) is 5.78 Å². The van der Waals surface area contributed by atoms with E-state index in [0.717, 1.165) is 38.9 Å².